The number of halogens is 1. The van der Waals surface area contributed by atoms with E-state index in [2.05, 4.69) is 16.9 Å². The van der Waals surface area contributed by atoms with E-state index in [-0.39, 0.29) is 6.61 Å². The van der Waals surface area contributed by atoms with Crippen molar-refractivity contribution >= 4 is 34.3 Å². The zero-order chi connectivity index (χ0) is 15.5. The van der Waals surface area contributed by atoms with Crippen LogP contribution in [0.5, 0.6) is 0 Å². The molecule has 0 fully saturated rings. The van der Waals surface area contributed by atoms with Crippen LogP contribution < -0.4 is 0 Å². The number of aliphatic hydroxyl groups is 1. The second kappa shape index (κ2) is 6.65. The predicted octanol–water partition coefficient (Wildman–Crippen LogP) is 4.34. The molecule has 2 aromatic carbocycles. The monoisotopic (exact) mass is 330 g/mol. The van der Waals surface area contributed by atoms with Gasteiger partial charge in [-0.25, -0.2) is 9.97 Å². The van der Waals surface area contributed by atoms with E-state index in [0.29, 0.717) is 16.6 Å². The van der Waals surface area contributed by atoms with E-state index >= 15 is 0 Å². The number of rotatable bonds is 4. The lowest BCUT2D eigenvalue weighted by Crippen LogP contribution is -1.96. The maximum Gasteiger partial charge on any atom is 0.161 e. The molecule has 1 N–H and O–H groups in total. The molecular formula is C17H15ClN2OS. The van der Waals surface area contributed by atoms with Gasteiger partial charge in [-0.05, 0) is 25.1 Å². The summed E-state index contributed by atoms with van der Waals surface area (Å²) in [5, 5.41) is 11.5. The average molecular weight is 331 g/mol. The maximum atomic E-state index is 9.08. The van der Waals surface area contributed by atoms with Crippen LogP contribution >= 0.6 is 23.4 Å². The molecule has 0 unspecified atom stereocenters. The summed E-state index contributed by atoms with van der Waals surface area (Å²) in [6, 6.07) is 13.7. The summed E-state index contributed by atoms with van der Waals surface area (Å²) in [6.45, 7) is 2.16. The van der Waals surface area contributed by atoms with Gasteiger partial charge in [0, 0.05) is 21.7 Å². The van der Waals surface area contributed by atoms with Gasteiger partial charge in [-0.3, -0.25) is 0 Å². The highest BCUT2D eigenvalue weighted by Crippen LogP contribution is 2.30. The summed E-state index contributed by atoms with van der Waals surface area (Å²) >= 11 is 7.60. The van der Waals surface area contributed by atoms with Crippen LogP contribution in [0.4, 0.5) is 0 Å². The van der Waals surface area contributed by atoms with Crippen molar-refractivity contribution < 1.29 is 5.11 Å². The molecule has 22 heavy (non-hydrogen) atoms. The quantitative estimate of drug-likeness (QED) is 0.571. The Morgan fingerprint density at radius 1 is 1.09 bits per heavy atom. The molecular weight excluding hydrogens is 316 g/mol. The first-order valence-electron chi connectivity index (χ1n) is 6.95. The number of benzene rings is 2. The van der Waals surface area contributed by atoms with Crippen LogP contribution in [0.15, 0.2) is 47.5 Å². The number of fused-ring (bicyclic) bond motifs is 1. The molecule has 0 amide bonds. The van der Waals surface area contributed by atoms with E-state index < -0.39 is 0 Å². The largest absolute Gasteiger partial charge is 0.396 e. The number of aromatic nitrogens is 2. The number of aliphatic hydroxyl groups excluding tert-OH is 1. The van der Waals surface area contributed by atoms with Crippen LogP contribution in [0.2, 0.25) is 5.02 Å². The van der Waals surface area contributed by atoms with Crippen LogP contribution in [-0.4, -0.2) is 27.4 Å². The van der Waals surface area contributed by atoms with Gasteiger partial charge in [0.25, 0.3) is 0 Å². The van der Waals surface area contributed by atoms with Gasteiger partial charge in [-0.15, -0.1) is 11.8 Å². The van der Waals surface area contributed by atoms with E-state index in [1.54, 1.807) is 0 Å². The van der Waals surface area contributed by atoms with Crippen molar-refractivity contribution in [3.8, 4) is 11.4 Å². The van der Waals surface area contributed by atoms with Crippen molar-refractivity contribution in [2.75, 3.05) is 12.4 Å². The van der Waals surface area contributed by atoms with E-state index in [4.69, 9.17) is 16.7 Å². The molecule has 112 valence electrons. The summed E-state index contributed by atoms with van der Waals surface area (Å²) in [5.74, 6) is 1.28. The second-order valence-corrected chi connectivity index (χ2v) is 6.47. The fraction of sp³-hybridized carbons (Fsp3) is 0.176. The molecule has 0 radical (unpaired) electrons. The normalized spacial score (nSPS) is 11.0. The molecule has 0 atom stereocenters. The number of hydrogen-bond donors (Lipinski definition) is 1. The summed E-state index contributed by atoms with van der Waals surface area (Å²) in [5.41, 5.74) is 3.04. The molecule has 3 rings (SSSR count). The van der Waals surface area contributed by atoms with Crippen LogP contribution in [0.1, 0.15) is 5.56 Å². The van der Waals surface area contributed by atoms with E-state index in [0.717, 1.165) is 21.5 Å². The minimum absolute atomic E-state index is 0.108. The van der Waals surface area contributed by atoms with Gasteiger partial charge in [-0.2, -0.15) is 0 Å². The number of thioether (sulfide) groups is 1. The topological polar surface area (TPSA) is 46.0 Å². The third kappa shape index (κ3) is 3.24. The average Bonchev–Trinajstić information content (AvgIpc) is 2.53. The molecule has 5 heteroatoms. The van der Waals surface area contributed by atoms with Gasteiger partial charge in [0.05, 0.1) is 12.1 Å². The minimum atomic E-state index is 0.108. The van der Waals surface area contributed by atoms with Gasteiger partial charge in [-0.1, -0.05) is 41.4 Å². The lowest BCUT2D eigenvalue weighted by atomic mass is 10.1. The summed E-state index contributed by atoms with van der Waals surface area (Å²) in [4.78, 5) is 9.30. The molecule has 1 aromatic heterocycles. The van der Waals surface area contributed by atoms with Crippen molar-refractivity contribution in [2.24, 2.45) is 0 Å². The van der Waals surface area contributed by atoms with Crippen molar-refractivity contribution in [3.63, 3.8) is 0 Å². The van der Waals surface area contributed by atoms with Crippen LogP contribution in [0.25, 0.3) is 22.3 Å². The summed E-state index contributed by atoms with van der Waals surface area (Å²) < 4.78 is 0. The lowest BCUT2D eigenvalue weighted by molar-refractivity contribution is 0.322. The van der Waals surface area contributed by atoms with Crippen molar-refractivity contribution in [3.05, 3.63) is 53.1 Å². The Morgan fingerprint density at radius 2 is 1.86 bits per heavy atom. The Kier molecular flexibility index (Phi) is 4.62. The zero-order valence-electron chi connectivity index (χ0n) is 12.1. The van der Waals surface area contributed by atoms with Gasteiger partial charge < -0.3 is 5.11 Å². The van der Waals surface area contributed by atoms with Crippen molar-refractivity contribution in [1.29, 1.82) is 0 Å². The van der Waals surface area contributed by atoms with Gasteiger partial charge in [0.1, 0.15) is 5.03 Å². The summed E-state index contributed by atoms with van der Waals surface area (Å²) in [7, 11) is 0. The summed E-state index contributed by atoms with van der Waals surface area (Å²) in [6.07, 6.45) is 0. The first-order valence-corrected chi connectivity index (χ1v) is 8.32. The van der Waals surface area contributed by atoms with Gasteiger partial charge in [0.15, 0.2) is 5.82 Å². The maximum absolute atomic E-state index is 9.08. The standard InChI is InChI=1S/C17H15ClN2OS/c1-11-2-4-12(5-3-11)16-19-15-7-6-13(18)10-14(15)17(20-16)22-9-8-21/h2-7,10,21H,8-9H2,1H3. The molecule has 0 saturated heterocycles. The smallest absolute Gasteiger partial charge is 0.161 e. The molecule has 0 bridgehead atoms. The molecule has 0 spiro atoms. The van der Waals surface area contributed by atoms with Crippen LogP contribution in [-0.2, 0) is 0 Å². The SMILES string of the molecule is Cc1ccc(-c2nc(SCCO)c3cc(Cl)ccc3n2)cc1. The van der Waals surface area contributed by atoms with Gasteiger partial charge in [0.2, 0.25) is 0 Å². The number of aryl methyl sites for hydroxylation is 1. The number of hydrogen-bond acceptors (Lipinski definition) is 4. The van der Waals surface area contributed by atoms with Crippen molar-refractivity contribution in [2.45, 2.75) is 11.9 Å². The predicted molar refractivity (Wildman–Crippen MR) is 92.5 cm³/mol. The second-order valence-electron chi connectivity index (χ2n) is 4.95. The zero-order valence-corrected chi connectivity index (χ0v) is 13.7. The van der Waals surface area contributed by atoms with Crippen LogP contribution in [0.3, 0.4) is 0 Å². The molecule has 3 aromatic rings. The third-order valence-corrected chi connectivity index (χ3v) is 4.47. The molecule has 1 heterocycles. The Bertz CT molecular complexity index is 806. The first-order chi connectivity index (χ1) is 10.7. The Balaban J connectivity index is 2.15. The first kappa shape index (κ1) is 15.3. The lowest BCUT2D eigenvalue weighted by Gasteiger charge is -2.09. The highest BCUT2D eigenvalue weighted by Gasteiger charge is 2.10. The molecule has 3 nitrogen and oxygen atoms in total. The Morgan fingerprint density at radius 3 is 2.59 bits per heavy atom. The fourth-order valence-electron chi connectivity index (χ4n) is 2.16. The van der Waals surface area contributed by atoms with E-state index in [9.17, 15) is 0 Å². The Hall–Kier alpha value is -1.62. The number of nitrogens with zero attached hydrogens (tertiary/aromatic N) is 2. The third-order valence-electron chi connectivity index (χ3n) is 3.26. The van der Waals surface area contributed by atoms with Crippen molar-refractivity contribution in [1.82, 2.24) is 9.97 Å². The molecule has 0 aliphatic rings. The van der Waals surface area contributed by atoms with Gasteiger partial charge >= 0.3 is 0 Å². The fourth-order valence-corrected chi connectivity index (χ4v) is 3.08. The molecule has 0 aliphatic heterocycles. The highest BCUT2D eigenvalue weighted by atomic mass is 35.5. The Labute approximate surface area is 138 Å². The molecule has 0 aliphatic carbocycles. The highest BCUT2D eigenvalue weighted by molar-refractivity contribution is 7.99. The van der Waals surface area contributed by atoms with E-state index in [1.807, 2.05) is 42.5 Å². The minimum Gasteiger partial charge on any atom is -0.396 e. The van der Waals surface area contributed by atoms with E-state index in [1.165, 1.54) is 17.3 Å². The molecule has 0 saturated carbocycles. The van der Waals surface area contributed by atoms with Crippen LogP contribution in [0, 0.1) is 6.92 Å².